The van der Waals surface area contributed by atoms with Gasteiger partial charge in [-0.05, 0) is 24.5 Å². The molecule has 0 radical (unpaired) electrons. The van der Waals surface area contributed by atoms with Crippen LogP contribution in [0.5, 0.6) is 0 Å². The maximum Gasteiger partial charge on any atom is 0.147 e. The minimum Gasteiger partial charge on any atom is -0.327 e. The Bertz CT molecular complexity index is 445. The molecule has 0 bridgehead atoms. The molecular formula is C11H16ClNO2S. The smallest absolute Gasteiger partial charge is 0.147 e. The highest BCUT2D eigenvalue weighted by atomic mass is 35.5. The lowest BCUT2D eigenvalue weighted by Gasteiger charge is -2.11. The molecule has 1 rings (SSSR count). The summed E-state index contributed by atoms with van der Waals surface area (Å²) in [6.07, 6.45) is 2.29. The quantitative estimate of drug-likeness (QED) is 0.877. The van der Waals surface area contributed by atoms with Crippen LogP contribution in [0.15, 0.2) is 24.3 Å². The fraction of sp³-hybridized carbons (Fsp3) is 0.455. The Balaban J connectivity index is 2.52. The summed E-state index contributed by atoms with van der Waals surface area (Å²) in [5.41, 5.74) is 6.82. The molecule has 0 aliphatic carbocycles. The second-order valence-corrected chi connectivity index (χ2v) is 6.64. The van der Waals surface area contributed by atoms with Crippen molar-refractivity contribution in [2.45, 2.75) is 18.9 Å². The number of rotatable bonds is 5. The van der Waals surface area contributed by atoms with Crippen molar-refractivity contribution >= 4 is 21.4 Å². The van der Waals surface area contributed by atoms with Gasteiger partial charge in [-0.1, -0.05) is 29.8 Å². The SMILES string of the molecule is CS(=O)(=O)CCC(N)Cc1ccccc1Cl. The Kier molecular flexibility index (Phi) is 4.77. The lowest BCUT2D eigenvalue weighted by atomic mass is 10.1. The minimum absolute atomic E-state index is 0.124. The molecule has 90 valence electrons. The molecule has 0 saturated heterocycles. The van der Waals surface area contributed by atoms with E-state index in [4.69, 9.17) is 17.3 Å². The van der Waals surface area contributed by atoms with E-state index in [1.165, 1.54) is 6.26 Å². The molecular weight excluding hydrogens is 246 g/mol. The number of sulfone groups is 1. The summed E-state index contributed by atoms with van der Waals surface area (Å²) in [6.45, 7) is 0. The van der Waals surface area contributed by atoms with Crippen LogP contribution in [-0.2, 0) is 16.3 Å². The Morgan fingerprint density at radius 1 is 1.38 bits per heavy atom. The molecule has 0 aromatic heterocycles. The van der Waals surface area contributed by atoms with Gasteiger partial charge in [-0.15, -0.1) is 0 Å². The fourth-order valence-electron chi connectivity index (χ4n) is 1.41. The third-order valence-electron chi connectivity index (χ3n) is 2.30. The minimum atomic E-state index is -2.93. The molecule has 0 saturated carbocycles. The zero-order valence-electron chi connectivity index (χ0n) is 9.19. The van der Waals surface area contributed by atoms with E-state index in [1.54, 1.807) is 6.07 Å². The normalized spacial score (nSPS) is 13.7. The van der Waals surface area contributed by atoms with E-state index in [0.29, 0.717) is 17.9 Å². The van der Waals surface area contributed by atoms with Gasteiger partial charge in [-0.25, -0.2) is 8.42 Å². The molecule has 16 heavy (non-hydrogen) atoms. The van der Waals surface area contributed by atoms with E-state index >= 15 is 0 Å². The summed E-state index contributed by atoms with van der Waals surface area (Å²) in [7, 11) is -2.93. The summed E-state index contributed by atoms with van der Waals surface area (Å²) in [5, 5.41) is 0.678. The van der Waals surface area contributed by atoms with Gasteiger partial charge in [0.05, 0.1) is 5.75 Å². The Labute approximate surface area is 102 Å². The topological polar surface area (TPSA) is 60.2 Å². The van der Waals surface area contributed by atoms with Crippen molar-refractivity contribution in [2.75, 3.05) is 12.0 Å². The summed E-state index contributed by atoms with van der Waals surface area (Å²) in [4.78, 5) is 0. The van der Waals surface area contributed by atoms with E-state index < -0.39 is 9.84 Å². The van der Waals surface area contributed by atoms with Gasteiger partial charge >= 0.3 is 0 Å². The first-order chi connectivity index (χ1) is 7.38. The second-order valence-electron chi connectivity index (χ2n) is 3.97. The maximum absolute atomic E-state index is 11.0. The molecule has 1 unspecified atom stereocenters. The van der Waals surface area contributed by atoms with E-state index in [1.807, 2.05) is 18.2 Å². The van der Waals surface area contributed by atoms with Gasteiger partial charge in [-0.2, -0.15) is 0 Å². The van der Waals surface area contributed by atoms with Crippen molar-refractivity contribution in [3.8, 4) is 0 Å². The molecule has 0 aliphatic rings. The van der Waals surface area contributed by atoms with Crippen LogP contribution in [0.25, 0.3) is 0 Å². The molecule has 0 amide bonds. The highest BCUT2D eigenvalue weighted by Gasteiger charge is 2.10. The third-order valence-corrected chi connectivity index (χ3v) is 3.65. The highest BCUT2D eigenvalue weighted by molar-refractivity contribution is 7.90. The first-order valence-corrected chi connectivity index (χ1v) is 7.49. The van der Waals surface area contributed by atoms with Crippen molar-refractivity contribution in [1.82, 2.24) is 0 Å². The van der Waals surface area contributed by atoms with Gasteiger partial charge in [0.2, 0.25) is 0 Å². The highest BCUT2D eigenvalue weighted by Crippen LogP contribution is 2.16. The summed E-state index contributed by atoms with van der Waals surface area (Å²) in [6, 6.07) is 7.29. The predicted octanol–water partition coefficient (Wildman–Crippen LogP) is 1.64. The standard InChI is InChI=1S/C11H16ClNO2S/c1-16(14,15)7-6-10(13)8-9-4-2-3-5-11(9)12/h2-5,10H,6-8,13H2,1H3. The number of hydrogen-bond acceptors (Lipinski definition) is 3. The van der Waals surface area contributed by atoms with Crippen LogP contribution in [-0.4, -0.2) is 26.5 Å². The first kappa shape index (κ1) is 13.5. The van der Waals surface area contributed by atoms with Crippen LogP contribution >= 0.6 is 11.6 Å². The summed E-state index contributed by atoms with van der Waals surface area (Å²) in [5.74, 6) is 0.124. The Morgan fingerprint density at radius 3 is 2.56 bits per heavy atom. The number of benzene rings is 1. The molecule has 5 heteroatoms. The van der Waals surface area contributed by atoms with Crippen LogP contribution in [0.2, 0.25) is 5.02 Å². The van der Waals surface area contributed by atoms with Crippen LogP contribution in [0.3, 0.4) is 0 Å². The van der Waals surface area contributed by atoms with Gasteiger partial charge in [-0.3, -0.25) is 0 Å². The Morgan fingerprint density at radius 2 is 2.00 bits per heavy atom. The third kappa shape index (κ3) is 4.96. The molecule has 0 aliphatic heterocycles. The molecule has 1 aromatic rings. The average Bonchev–Trinajstić information content (AvgIpc) is 2.18. The first-order valence-electron chi connectivity index (χ1n) is 5.05. The van der Waals surface area contributed by atoms with Gasteiger partial charge in [0, 0.05) is 17.3 Å². The Hall–Kier alpha value is -0.580. The van der Waals surface area contributed by atoms with Crippen molar-refractivity contribution in [3.05, 3.63) is 34.9 Å². The largest absolute Gasteiger partial charge is 0.327 e. The van der Waals surface area contributed by atoms with E-state index in [0.717, 1.165) is 5.56 Å². The summed E-state index contributed by atoms with van der Waals surface area (Å²) < 4.78 is 21.9. The van der Waals surface area contributed by atoms with E-state index in [9.17, 15) is 8.42 Å². The van der Waals surface area contributed by atoms with E-state index in [2.05, 4.69) is 0 Å². The molecule has 1 aromatic carbocycles. The summed E-state index contributed by atoms with van der Waals surface area (Å²) >= 11 is 5.98. The van der Waals surface area contributed by atoms with Gasteiger partial charge in [0.15, 0.2) is 0 Å². The zero-order chi connectivity index (χ0) is 12.2. The van der Waals surface area contributed by atoms with Crippen LogP contribution < -0.4 is 5.73 Å². The van der Waals surface area contributed by atoms with Gasteiger partial charge < -0.3 is 5.73 Å². The predicted molar refractivity (Wildman–Crippen MR) is 67.5 cm³/mol. The molecule has 1 atom stereocenters. The lowest BCUT2D eigenvalue weighted by molar-refractivity contribution is 0.586. The number of nitrogens with two attached hydrogens (primary N) is 1. The van der Waals surface area contributed by atoms with Crippen LogP contribution in [0, 0.1) is 0 Å². The molecule has 3 nitrogen and oxygen atoms in total. The number of hydrogen-bond donors (Lipinski definition) is 1. The second kappa shape index (κ2) is 5.66. The van der Waals surface area contributed by atoms with Crippen molar-refractivity contribution in [3.63, 3.8) is 0 Å². The molecule has 2 N–H and O–H groups in total. The van der Waals surface area contributed by atoms with Gasteiger partial charge in [0.1, 0.15) is 9.84 Å². The van der Waals surface area contributed by atoms with Crippen LogP contribution in [0.1, 0.15) is 12.0 Å². The monoisotopic (exact) mass is 261 g/mol. The van der Waals surface area contributed by atoms with E-state index in [-0.39, 0.29) is 11.8 Å². The molecule has 0 spiro atoms. The maximum atomic E-state index is 11.0. The molecule has 0 fully saturated rings. The zero-order valence-corrected chi connectivity index (χ0v) is 10.8. The average molecular weight is 262 g/mol. The van der Waals surface area contributed by atoms with Gasteiger partial charge in [0.25, 0.3) is 0 Å². The number of halogens is 1. The van der Waals surface area contributed by atoms with Crippen molar-refractivity contribution < 1.29 is 8.42 Å². The van der Waals surface area contributed by atoms with Crippen LogP contribution in [0.4, 0.5) is 0 Å². The fourth-order valence-corrected chi connectivity index (χ4v) is 2.36. The van der Waals surface area contributed by atoms with Crippen molar-refractivity contribution in [2.24, 2.45) is 5.73 Å². The van der Waals surface area contributed by atoms with Crippen molar-refractivity contribution in [1.29, 1.82) is 0 Å². The lowest BCUT2D eigenvalue weighted by Crippen LogP contribution is -2.26. The molecule has 0 heterocycles.